The first kappa shape index (κ1) is 14.1. The molecule has 2 heterocycles. The molecule has 0 unspecified atom stereocenters. The Hall–Kier alpha value is -2.90. The molecule has 1 aliphatic rings. The number of ether oxygens (including phenoxy) is 1. The first-order valence-electron chi connectivity index (χ1n) is 6.90. The smallest absolute Gasteiger partial charge is 0.248 e. The van der Waals surface area contributed by atoms with E-state index >= 15 is 0 Å². The summed E-state index contributed by atoms with van der Waals surface area (Å²) in [6.45, 7) is 4.19. The number of tetrazole rings is 1. The summed E-state index contributed by atoms with van der Waals surface area (Å²) in [4.78, 5) is 12.0. The Bertz CT molecular complexity index is 751. The van der Waals surface area contributed by atoms with Crippen molar-refractivity contribution in [3.05, 3.63) is 41.1 Å². The Morgan fingerprint density at radius 2 is 2.23 bits per heavy atom. The quantitative estimate of drug-likeness (QED) is 0.866. The van der Waals surface area contributed by atoms with Crippen LogP contribution in [0.15, 0.2) is 35.5 Å². The largest absolute Gasteiger partial charge is 0.494 e. The summed E-state index contributed by atoms with van der Waals surface area (Å²) in [5.41, 5.74) is 7.40. The highest BCUT2D eigenvalue weighted by Crippen LogP contribution is 2.38. The van der Waals surface area contributed by atoms with E-state index in [4.69, 9.17) is 10.5 Å². The van der Waals surface area contributed by atoms with Crippen LogP contribution >= 0.6 is 0 Å². The van der Waals surface area contributed by atoms with Gasteiger partial charge in [-0.3, -0.25) is 4.79 Å². The third kappa shape index (κ3) is 2.18. The average molecular weight is 300 g/mol. The molecule has 0 bridgehead atoms. The van der Waals surface area contributed by atoms with E-state index in [0.717, 1.165) is 5.56 Å². The van der Waals surface area contributed by atoms with Gasteiger partial charge in [0.25, 0.3) is 0 Å². The first-order chi connectivity index (χ1) is 10.6. The van der Waals surface area contributed by atoms with Crippen LogP contribution in [0.4, 0.5) is 5.95 Å². The van der Waals surface area contributed by atoms with Crippen LogP contribution in [0, 0.1) is 0 Å². The molecule has 8 heteroatoms. The van der Waals surface area contributed by atoms with Crippen LogP contribution < -0.4 is 15.8 Å². The number of benzene rings is 1. The number of amides is 1. The van der Waals surface area contributed by atoms with Crippen molar-refractivity contribution in [1.29, 1.82) is 0 Å². The van der Waals surface area contributed by atoms with Crippen molar-refractivity contribution < 1.29 is 9.53 Å². The van der Waals surface area contributed by atoms with Gasteiger partial charge in [0, 0.05) is 11.3 Å². The molecule has 3 rings (SSSR count). The molecule has 8 nitrogen and oxygen atoms in total. The Kier molecular flexibility index (Phi) is 3.50. The summed E-state index contributed by atoms with van der Waals surface area (Å²) in [5.74, 6) is 0.603. The van der Waals surface area contributed by atoms with Crippen LogP contribution in [0.5, 0.6) is 5.75 Å². The number of allylic oxidation sites excluding steroid dienone is 1. The maximum absolute atomic E-state index is 12.0. The molecule has 1 amide bonds. The molecule has 0 radical (unpaired) electrons. The maximum atomic E-state index is 12.0. The van der Waals surface area contributed by atoms with Crippen LogP contribution in [-0.2, 0) is 4.79 Å². The molecule has 2 aromatic rings. The zero-order valence-corrected chi connectivity index (χ0v) is 12.3. The van der Waals surface area contributed by atoms with E-state index in [1.807, 2.05) is 31.2 Å². The molecule has 0 saturated carbocycles. The molecule has 1 aromatic heterocycles. The lowest BCUT2D eigenvalue weighted by atomic mass is 9.94. The minimum absolute atomic E-state index is 0.409. The van der Waals surface area contributed by atoms with Crippen LogP contribution in [0.25, 0.3) is 0 Å². The van der Waals surface area contributed by atoms with Crippen molar-refractivity contribution in [3.8, 4) is 5.75 Å². The fraction of sp³-hybridized carbons (Fsp3) is 0.286. The summed E-state index contributed by atoms with van der Waals surface area (Å²) >= 11 is 0. The SMILES string of the molecule is CCOc1ccccc1[C@@H]1C(C(N)=O)=C(C)Nc2nnnn21. The fourth-order valence-corrected chi connectivity index (χ4v) is 2.61. The number of hydrogen-bond donors (Lipinski definition) is 2. The van der Waals surface area contributed by atoms with E-state index in [2.05, 4.69) is 20.8 Å². The van der Waals surface area contributed by atoms with E-state index in [1.165, 1.54) is 4.68 Å². The standard InChI is InChI=1S/C14H16N6O2/c1-3-22-10-7-5-4-6-9(10)12-11(13(15)21)8(2)16-14-17-18-19-20(12)14/h4-7,12H,3H2,1-2H3,(H2,15,21)(H,16,17,19)/t12-/m1/s1. The molecule has 22 heavy (non-hydrogen) atoms. The Morgan fingerprint density at radius 3 is 2.95 bits per heavy atom. The highest BCUT2D eigenvalue weighted by atomic mass is 16.5. The lowest BCUT2D eigenvalue weighted by Crippen LogP contribution is -2.32. The normalized spacial score (nSPS) is 16.9. The van der Waals surface area contributed by atoms with Crippen molar-refractivity contribution >= 4 is 11.9 Å². The number of carbonyl (C=O) groups is 1. The third-order valence-corrected chi connectivity index (χ3v) is 3.49. The van der Waals surface area contributed by atoms with E-state index in [0.29, 0.717) is 29.6 Å². The fourth-order valence-electron chi connectivity index (χ4n) is 2.61. The molecule has 0 fully saturated rings. The highest BCUT2D eigenvalue weighted by molar-refractivity contribution is 5.95. The second-order valence-electron chi connectivity index (χ2n) is 4.85. The number of para-hydroxylation sites is 1. The second kappa shape index (κ2) is 5.47. The van der Waals surface area contributed by atoms with Crippen LogP contribution in [0.1, 0.15) is 25.5 Å². The number of anilines is 1. The van der Waals surface area contributed by atoms with Crippen molar-refractivity contribution in [1.82, 2.24) is 20.2 Å². The lowest BCUT2D eigenvalue weighted by molar-refractivity contribution is -0.115. The van der Waals surface area contributed by atoms with E-state index in [1.54, 1.807) is 6.92 Å². The number of carbonyl (C=O) groups excluding carboxylic acids is 1. The van der Waals surface area contributed by atoms with E-state index in [-0.39, 0.29) is 0 Å². The molecule has 0 aliphatic carbocycles. The van der Waals surface area contributed by atoms with E-state index in [9.17, 15) is 4.79 Å². The van der Waals surface area contributed by atoms with Crippen molar-refractivity contribution in [2.24, 2.45) is 5.73 Å². The van der Waals surface area contributed by atoms with Gasteiger partial charge in [0.15, 0.2) is 0 Å². The second-order valence-corrected chi connectivity index (χ2v) is 4.85. The summed E-state index contributed by atoms with van der Waals surface area (Å²) in [6.07, 6.45) is 0. The van der Waals surface area contributed by atoms with Gasteiger partial charge in [-0.25, -0.2) is 0 Å². The minimum Gasteiger partial charge on any atom is -0.494 e. The topological polar surface area (TPSA) is 108 Å². The van der Waals surface area contributed by atoms with Gasteiger partial charge in [-0.15, -0.1) is 0 Å². The van der Waals surface area contributed by atoms with Crippen LogP contribution in [0.2, 0.25) is 0 Å². The molecule has 114 valence electrons. The van der Waals surface area contributed by atoms with Gasteiger partial charge in [0.1, 0.15) is 11.8 Å². The van der Waals surface area contributed by atoms with Gasteiger partial charge in [-0.1, -0.05) is 23.3 Å². The summed E-state index contributed by atoms with van der Waals surface area (Å²) in [7, 11) is 0. The predicted molar refractivity (Wildman–Crippen MR) is 79.1 cm³/mol. The number of rotatable bonds is 4. The Morgan fingerprint density at radius 1 is 1.45 bits per heavy atom. The number of nitrogens with two attached hydrogens (primary N) is 1. The maximum Gasteiger partial charge on any atom is 0.248 e. The zero-order chi connectivity index (χ0) is 15.7. The molecule has 1 atom stereocenters. The number of primary amides is 1. The van der Waals surface area contributed by atoms with Gasteiger partial charge in [-0.05, 0) is 30.3 Å². The number of hydrogen-bond acceptors (Lipinski definition) is 6. The van der Waals surface area contributed by atoms with Gasteiger partial charge >= 0.3 is 0 Å². The minimum atomic E-state index is -0.526. The zero-order valence-electron chi connectivity index (χ0n) is 12.3. The number of fused-ring (bicyclic) bond motifs is 1. The molecule has 0 spiro atoms. The van der Waals surface area contributed by atoms with Crippen LogP contribution in [0.3, 0.4) is 0 Å². The number of aromatic nitrogens is 4. The summed E-state index contributed by atoms with van der Waals surface area (Å²) < 4.78 is 7.20. The average Bonchev–Trinajstić information content (AvgIpc) is 2.94. The predicted octanol–water partition coefficient (Wildman–Crippen LogP) is 0.846. The summed E-state index contributed by atoms with van der Waals surface area (Å²) in [5, 5.41) is 14.5. The molecule has 1 aromatic carbocycles. The summed E-state index contributed by atoms with van der Waals surface area (Å²) in [6, 6.07) is 6.95. The van der Waals surface area contributed by atoms with Crippen molar-refractivity contribution in [2.45, 2.75) is 19.9 Å². The lowest BCUT2D eigenvalue weighted by Gasteiger charge is -2.28. The van der Waals surface area contributed by atoms with Gasteiger partial charge < -0.3 is 15.8 Å². The molecular formula is C14H16N6O2. The third-order valence-electron chi connectivity index (χ3n) is 3.49. The number of nitrogens with one attached hydrogen (secondary N) is 1. The van der Waals surface area contributed by atoms with Crippen LogP contribution in [-0.4, -0.2) is 32.7 Å². The number of nitrogens with zero attached hydrogens (tertiary/aromatic N) is 4. The highest BCUT2D eigenvalue weighted by Gasteiger charge is 2.34. The Labute approximate surface area is 126 Å². The van der Waals surface area contributed by atoms with Crippen molar-refractivity contribution in [2.75, 3.05) is 11.9 Å². The molecule has 3 N–H and O–H groups in total. The molecular weight excluding hydrogens is 284 g/mol. The van der Waals surface area contributed by atoms with Gasteiger partial charge in [0.2, 0.25) is 11.9 Å². The van der Waals surface area contributed by atoms with Crippen molar-refractivity contribution in [3.63, 3.8) is 0 Å². The van der Waals surface area contributed by atoms with E-state index < -0.39 is 11.9 Å². The van der Waals surface area contributed by atoms with Gasteiger partial charge in [-0.2, -0.15) is 4.68 Å². The Balaban J connectivity index is 2.21. The molecule has 0 saturated heterocycles. The van der Waals surface area contributed by atoms with Gasteiger partial charge in [0.05, 0.1) is 12.2 Å². The molecule has 1 aliphatic heterocycles. The monoisotopic (exact) mass is 300 g/mol. The first-order valence-corrected chi connectivity index (χ1v) is 6.90.